The minimum Gasteiger partial charge on any atom is -0.481 e. The average Bonchev–Trinajstić information content (AvgIpc) is 2.69. The molecule has 1 fully saturated rings. The highest BCUT2D eigenvalue weighted by molar-refractivity contribution is 5.70. The smallest absolute Gasteiger partial charge is 0.307 e. The summed E-state index contributed by atoms with van der Waals surface area (Å²) < 4.78 is 33.3. The van der Waals surface area contributed by atoms with Crippen molar-refractivity contribution >= 4 is 5.97 Å². The molecule has 0 bridgehead atoms. The first kappa shape index (κ1) is 22.4. The van der Waals surface area contributed by atoms with E-state index in [4.69, 9.17) is 4.74 Å². The highest BCUT2D eigenvalue weighted by Gasteiger charge is 2.25. The third-order valence-electron chi connectivity index (χ3n) is 5.87. The molecule has 0 aliphatic carbocycles. The summed E-state index contributed by atoms with van der Waals surface area (Å²) in [6.07, 6.45) is 1.84. The molecule has 0 amide bonds. The molecule has 3 rings (SSSR count). The molecule has 1 aliphatic heterocycles. The second-order valence-electron chi connectivity index (χ2n) is 8.11. The molecule has 0 saturated carbocycles. The van der Waals surface area contributed by atoms with Gasteiger partial charge in [-0.25, -0.2) is 8.78 Å². The van der Waals surface area contributed by atoms with Crippen LogP contribution in [0.1, 0.15) is 41.2 Å². The molecular weight excluding hydrogens is 388 g/mol. The highest BCUT2D eigenvalue weighted by Crippen LogP contribution is 2.28. The average molecular weight is 417 g/mol. The lowest BCUT2D eigenvalue weighted by Crippen LogP contribution is -2.40. The van der Waals surface area contributed by atoms with Crippen LogP contribution in [0.2, 0.25) is 0 Å². The number of carboxylic acid groups (broad SMARTS) is 1. The van der Waals surface area contributed by atoms with Crippen LogP contribution in [0.15, 0.2) is 36.4 Å². The van der Waals surface area contributed by atoms with Crippen LogP contribution in [0.4, 0.5) is 8.78 Å². The summed E-state index contributed by atoms with van der Waals surface area (Å²) in [7, 11) is 0. The van der Waals surface area contributed by atoms with Gasteiger partial charge in [-0.2, -0.15) is 0 Å². The topological polar surface area (TPSA) is 49.8 Å². The Hall–Kier alpha value is -2.31. The maximum Gasteiger partial charge on any atom is 0.307 e. The highest BCUT2D eigenvalue weighted by atomic mass is 19.1. The molecule has 0 spiro atoms. The van der Waals surface area contributed by atoms with Crippen molar-refractivity contribution in [3.63, 3.8) is 0 Å². The Balaban J connectivity index is 1.70. The van der Waals surface area contributed by atoms with Crippen molar-refractivity contribution in [3.8, 4) is 0 Å². The van der Waals surface area contributed by atoms with Crippen LogP contribution in [-0.2, 0) is 16.0 Å². The van der Waals surface area contributed by atoms with Crippen LogP contribution in [0.25, 0.3) is 0 Å². The number of halogens is 2. The molecule has 0 aromatic heterocycles. The Morgan fingerprint density at radius 1 is 1.17 bits per heavy atom. The van der Waals surface area contributed by atoms with Crippen LogP contribution in [0.5, 0.6) is 0 Å². The number of ether oxygens (including phenoxy) is 1. The van der Waals surface area contributed by atoms with Crippen LogP contribution in [0.3, 0.4) is 0 Å². The van der Waals surface area contributed by atoms with Crippen LogP contribution in [0, 0.1) is 31.4 Å². The van der Waals surface area contributed by atoms with Gasteiger partial charge in [0.2, 0.25) is 0 Å². The Labute approximate surface area is 176 Å². The molecule has 4 nitrogen and oxygen atoms in total. The fourth-order valence-electron chi connectivity index (χ4n) is 4.13. The van der Waals surface area contributed by atoms with Gasteiger partial charge in [-0.3, -0.25) is 4.79 Å². The van der Waals surface area contributed by atoms with Gasteiger partial charge in [0.15, 0.2) is 0 Å². The zero-order chi connectivity index (χ0) is 21.7. The standard InChI is InChI=1S/C24H29F2NO3/c1-16-12-20(25)6-5-18(16)14-23(22-8-7-21(26)13-17(22)2)30-11-10-27-9-3-4-19(15-27)24(28)29/h5-8,12-13,19,23H,3-4,9-11,14-15H2,1-2H3,(H,28,29)/t19-,23?/m1/s1. The van der Waals surface area contributed by atoms with Crippen molar-refractivity contribution in [3.05, 3.63) is 70.3 Å². The normalized spacial score (nSPS) is 18.3. The number of aliphatic carboxylic acids is 1. The molecule has 2 aromatic carbocycles. The third-order valence-corrected chi connectivity index (χ3v) is 5.87. The van der Waals surface area contributed by atoms with Gasteiger partial charge in [0.1, 0.15) is 11.6 Å². The van der Waals surface area contributed by atoms with Gasteiger partial charge in [-0.1, -0.05) is 12.1 Å². The van der Waals surface area contributed by atoms with E-state index in [-0.39, 0.29) is 23.7 Å². The van der Waals surface area contributed by atoms with Crippen LogP contribution >= 0.6 is 0 Å². The summed E-state index contributed by atoms with van der Waals surface area (Å²) in [6.45, 7) is 6.21. The summed E-state index contributed by atoms with van der Waals surface area (Å²) in [5.41, 5.74) is 3.54. The number of hydrogen-bond acceptors (Lipinski definition) is 3. The largest absolute Gasteiger partial charge is 0.481 e. The molecule has 1 unspecified atom stereocenters. The Morgan fingerprint density at radius 3 is 2.53 bits per heavy atom. The van der Waals surface area contributed by atoms with Gasteiger partial charge in [-0.05, 0) is 79.8 Å². The van der Waals surface area contributed by atoms with Crippen molar-refractivity contribution in [1.82, 2.24) is 4.90 Å². The van der Waals surface area contributed by atoms with Gasteiger partial charge in [0, 0.05) is 19.5 Å². The number of aryl methyl sites for hydroxylation is 2. The molecule has 1 aliphatic rings. The van der Waals surface area contributed by atoms with E-state index in [2.05, 4.69) is 4.90 Å². The fourth-order valence-corrected chi connectivity index (χ4v) is 4.13. The van der Waals surface area contributed by atoms with Crippen LogP contribution in [-0.4, -0.2) is 42.2 Å². The maximum atomic E-state index is 13.6. The third kappa shape index (κ3) is 5.86. The van der Waals surface area contributed by atoms with Gasteiger partial charge < -0.3 is 14.7 Å². The van der Waals surface area contributed by atoms with E-state index in [9.17, 15) is 18.7 Å². The molecule has 1 saturated heterocycles. The second-order valence-corrected chi connectivity index (χ2v) is 8.11. The summed E-state index contributed by atoms with van der Waals surface area (Å²) in [5.74, 6) is -1.63. The first-order valence-electron chi connectivity index (χ1n) is 10.4. The predicted octanol–water partition coefficient (Wildman–Crippen LogP) is 4.68. The first-order valence-corrected chi connectivity index (χ1v) is 10.4. The molecule has 162 valence electrons. The van der Waals surface area contributed by atoms with E-state index < -0.39 is 5.97 Å². The summed E-state index contributed by atoms with van der Waals surface area (Å²) >= 11 is 0. The zero-order valence-corrected chi connectivity index (χ0v) is 17.5. The van der Waals surface area contributed by atoms with Gasteiger partial charge in [0.05, 0.1) is 18.6 Å². The summed E-state index contributed by atoms with van der Waals surface area (Å²) in [4.78, 5) is 13.4. The van der Waals surface area contributed by atoms with E-state index in [1.807, 2.05) is 13.8 Å². The molecule has 2 atom stereocenters. The van der Waals surface area contributed by atoms with Crippen molar-refractivity contribution in [2.75, 3.05) is 26.2 Å². The van der Waals surface area contributed by atoms with Gasteiger partial charge >= 0.3 is 5.97 Å². The SMILES string of the molecule is Cc1cc(F)ccc1CC(OCCN1CCC[C@@H](C(=O)O)C1)c1ccc(F)cc1C. The van der Waals surface area contributed by atoms with E-state index in [1.54, 1.807) is 12.1 Å². The van der Waals surface area contributed by atoms with Crippen molar-refractivity contribution in [1.29, 1.82) is 0 Å². The molecule has 6 heteroatoms. The number of likely N-dealkylation sites (tertiary alicyclic amines) is 1. The lowest BCUT2D eigenvalue weighted by molar-refractivity contribution is -0.143. The number of benzene rings is 2. The Kier molecular flexibility index (Phi) is 7.56. The second kappa shape index (κ2) is 10.1. The summed E-state index contributed by atoms with van der Waals surface area (Å²) in [5, 5.41) is 9.27. The van der Waals surface area contributed by atoms with Gasteiger partial charge in [-0.15, -0.1) is 0 Å². The maximum absolute atomic E-state index is 13.6. The molecule has 30 heavy (non-hydrogen) atoms. The van der Waals surface area contributed by atoms with Crippen molar-refractivity contribution in [2.24, 2.45) is 5.92 Å². The number of carboxylic acids is 1. The molecule has 1 heterocycles. The number of nitrogens with zero attached hydrogens (tertiary/aromatic N) is 1. The molecular formula is C24H29F2NO3. The fraction of sp³-hybridized carbons (Fsp3) is 0.458. The Bertz CT molecular complexity index is 887. The Morgan fingerprint density at radius 2 is 1.87 bits per heavy atom. The van der Waals surface area contributed by atoms with Crippen LogP contribution < -0.4 is 0 Å². The molecule has 0 radical (unpaired) electrons. The quantitative estimate of drug-likeness (QED) is 0.678. The van der Waals surface area contributed by atoms with Gasteiger partial charge in [0.25, 0.3) is 0 Å². The summed E-state index contributed by atoms with van der Waals surface area (Å²) in [6, 6.07) is 9.38. The molecule has 2 aromatic rings. The van der Waals surface area contributed by atoms with E-state index in [0.717, 1.165) is 35.2 Å². The minimum atomic E-state index is -0.743. The number of carbonyl (C=O) groups is 1. The molecule has 1 N–H and O–H groups in total. The number of piperidine rings is 1. The monoisotopic (exact) mass is 417 g/mol. The van der Waals surface area contributed by atoms with Crippen molar-refractivity contribution < 1.29 is 23.4 Å². The van der Waals surface area contributed by atoms with E-state index in [1.165, 1.54) is 24.3 Å². The first-order chi connectivity index (χ1) is 14.3. The van der Waals surface area contributed by atoms with Crippen molar-refractivity contribution in [2.45, 2.75) is 39.2 Å². The van der Waals surface area contributed by atoms with E-state index >= 15 is 0 Å². The zero-order valence-electron chi connectivity index (χ0n) is 17.5. The predicted molar refractivity (Wildman–Crippen MR) is 111 cm³/mol. The number of hydrogen-bond donors (Lipinski definition) is 1. The minimum absolute atomic E-state index is 0.273. The number of rotatable bonds is 8. The lowest BCUT2D eigenvalue weighted by atomic mass is 9.95. The lowest BCUT2D eigenvalue weighted by Gasteiger charge is -2.31. The van der Waals surface area contributed by atoms with E-state index in [0.29, 0.717) is 32.5 Å².